The van der Waals surface area contributed by atoms with Crippen molar-refractivity contribution >= 4 is 17.4 Å². The van der Waals surface area contributed by atoms with E-state index in [1.165, 1.54) is 4.90 Å². The summed E-state index contributed by atoms with van der Waals surface area (Å²) in [6.07, 6.45) is 1.82. The molecule has 4 heteroatoms. The smallest absolute Gasteiger partial charge is 0.204 e. The maximum atomic E-state index is 5.90. The number of benzene rings is 1. The summed E-state index contributed by atoms with van der Waals surface area (Å²) in [6.45, 7) is 8.39. The highest BCUT2D eigenvalue weighted by atomic mass is 32.2. The van der Waals surface area contributed by atoms with E-state index in [1.54, 1.807) is 11.8 Å². The molecular formula is C15H20N2OS. The average molecular weight is 276 g/mol. The Kier molecular flexibility index (Phi) is 3.90. The molecule has 0 amide bonds. The molecule has 0 saturated carbocycles. The second-order valence-electron chi connectivity index (χ2n) is 5.63. The Labute approximate surface area is 118 Å². The first-order valence-corrected chi connectivity index (χ1v) is 7.29. The van der Waals surface area contributed by atoms with Gasteiger partial charge in [0, 0.05) is 16.0 Å². The van der Waals surface area contributed by atoms with Gasteiger partial charge in [-0.3, -0.25) is 0 Å². The molecule has 0 fully saturated rings. The van der Waals surface area contributed by atoms with E-state index in [2.05, 4.69) is 31.8 Å². The molecule has 0 bridgehead atoms. The van der Waals surface area contributed by atoms with E-state index in [0.717, 1.165) is 28.7 Å². The van der Waals surface area contributed by atoms with E-state index in [-0.39, 0.29) is 5.41 Å². The van der Waals surface area contributed by atoms with E-state index in [4.69, 9.17) is 10.2 Å². The van der Waals surface area contributed by atoms with Gasteiger partial charge in [0.2, 0.25) is 5.89 Å². The number of hydrogen-bond donors (Lipinski definition) is 1. The molecule has 0 radical (unpaired) electrons. The predicted octanol–water partition coefficient (Wildman–Crippen LogP) is 4.16. The average Bonchev–Trinajstić information content (AvgIpc) is 2.79. The van der Waals surface area contributed by atoms with Crippen molar-refractivity contribution in [1.29, 1.82) is 0 Å². The minimum atomic E-state index is 0.00298. The van der Waals surface area contributed by atoms with Crippen molar-refractivity contribution in [3.8, 4) is 0 Å². The van der Waals surface area contributed by atoms with Gasteiger partial charge in [-0.25, -0.2) is 4.98 Å². The van der Waals surface area contributed by atoms with Crippen LogP contribution < -0.4 is 5.73 Å². The van der Waals surface area contributed by atoms with Crippen LogP contribution in [0, 0.1) is 6.92 Å². The van der Waals surface area contributed by atoms with E-state index in [1.807, 2.05) is 25.3 Å². The van der Waals surface area contributed by atoms with E-state index in [9.17, 15) is 0 Å². The van der Waals surface area contributed by atoms with Crippen molar-refractivity contribution in [3.63, 3.8) is 0 Å². The summed E-state index contributed by atoms with van der Waals surface area (Å²) in [7, 11) is 0. The molecule has 0 aliphatic rings. The standard InChI is InChI=1S/C15H20N2OS/c1-10-11(16)6-5-7-12(10)19-9-14-17-8-13(18-14)15(2,3)4/h5-8H,9,16H2,1-4H3. The maximum Gasteiger partial charge on any atom is 0.204 e. The number of aromatic nitrogens is 1. The van der Waals surface area contributed by atoms with Crippen LogP contribution in [0.15, 0.2) is 33.7 Å². The minimum Gasteiger partial charge on any atom is -0.444 e. The first-order valence-electron chi connectivity index (χ1n) is 6.31. The van der Waals surface area contributed by atoms with Gasteiger partial charge in [0.25, 0.3) is 0 Å². The van der Waals surface area contributed by atoms with Crippen molar-refractivity contribution in [2.75, 3.05) is 5.73 Å². The third-order valence-electron chi connectivity index (χ3n) is 2.97. The molecule has 0 saturated heterocycles. The Balaban J connectivity index is 2.07. The van der Waals surface area contributed by atoms with Crippen LogP contribution in [0.4, 0.5) is 5.69 Å². The van der Waals surface area contributed by atoms with Gasteiger partial charge in [-0.05, 0) is 24.6 Å². The lowest BCUT2D eigenvalue weighted by molar-refractivity contribution is 0.391. The van der Waals surface area contributed by atoms with Gasteiger partial charge in [0.05, 0.1) is 11.9 Å². The highest BCUT2D eigenvalue weighted by molar-refractivity contribution is 7.98. The lowest BCUT2D eigenvalue weighted by Gasteiger charge is -2.13. The summed E-state index contributed by atoms with van der Waals surface area (Å²) in [6, 6.07) is 5.97. The number of thioether (sulfide) groups is 1. The molecule has 2 rings (SSSR count). The fourth-order valence-corrected chi connectivity index (χ4v) is 2.57. The second kappa shape index (κ2) is 5.29. The molecule has 1 aromatic carbocycles. The first kappa shape index (κ1) is 14.0. The van der Waals surface area contributed by atoms with Gasteiger partial charge >= 0.3 is 0 Å². The van der Waals surface area contributed by atoms with Crippen LogP contribution in [0.1, 0.15) is 38.0 Å². The van der Waals surface area contributed by atoms with Gasteiger partial charge in [-0.2, -0.15) is 0 Å². The van der Waals surface area contributed by atoms with E-state index < -0.39 is 0 Å². The molecule has 19 heavy (non-hydrogen) atoms. The van der Waals surface area contributed by atoms with Crippen molar-refractivity contribution in [2.45, 2.75) is 43.8 Å². The maximum absolute atomic E-state index is 5.90. The van der Waals surface area contributed by atoms with E-state index >= 15 is 0 Å². The van der Waals surface area contributed by atoms with Gasteiger partial charge in [-0.1, -0.05) is 26.8 Å². The quantitative estimate of drug-likeness (QED) is 0.675. The number of oxazole rings is 1. The lowest BCUT2D eigenvalue weighted by Crippen LogP contribution is -2.09. The Morgan fingerprint density at radius 2 is 2.05 bits per heavy atom. The Morgan fingerprint density at radius 1 is 1.32 bits per heavy atom. The molecule has 0 unspecified atom stereocenters. The van der Waals surface area contributed by atoms with Crippen molar-refractivity contribution in [1.82, 2.24) is 4.98 Å². The zero-order valence-electron chi connectivity index (χ0n) is 11.9. The number of nitrogens with zero attached hydrogens (tertiary/aromatic N) is 1. The Bertz CT molecular complexity index is 570. The highest BCUT2D eigenvalue weighted by Gasteiger charge is 2.19. The molecule has 1 aromatic heterocycles. The topological polar surface area (TPSA) is 52.0 Å². The van der Waals surface area contributed by atoms with Gasteiger partial charge < -0.3 is 10.2 Å². The van der Waals surface area contributed by atoms with Crippen molar-refractivity contribution in [3.05, 3.63) is 41.6 Å². The highest BCUT2D eigenvalue weighted by Crippen LogP contribution is 2.30. The molecule has 102 valence electrons. The van der Waals surface area contributed by atoms with Crippen LogP contribution in [0.5, 0.6) is 0 Å². The molecule has 1 heterocycles. The molecule has 0 atom stereocenters. The lowest BCUT2D eigenvalue weighted by atomic mass is 9.94. The minimum absolute atomic E-state index is 0.00298. The van der Waals surface area contributed by atoms with E-state index in [0.29, 0.717) is 0 Å². The molecule has 0 aliphatic heterocycles. The molecule has 0 aliphatic carbocycles. The monoisotopic (exact) mass is 276 g/mol. The molecule has 2 aromatic rings. The molecule has 2 N–H and O–H groups in total. The molecule has 0 spiro atoms. The van der Waals surface area contributed by atoms with Crippen LogP contribution in [0.25, 0.3) is 0 Å². The Morgan fingerprint density at radius 3 is 2.68 bits per heavy atom. The summed E-state index contributed by atoms with van der Waals surface area (Å²) in [5.74, 6) is 2.41. The third kappa shape index (κ3) is 3.32. The summed E-state index contributed by atoms with van der Waals surface area (Å²) >= 11 is 1.70. The van der Waals surface area contributed by atoms with Crippen LogP contribution in [-0.4, -0.2) is 4.98 Å². The van der Waals surface area contributed by atoms with Crippen LogP contribution in [0.3, 0.4) is 0 Å². The second-order valence-corrected chi connectivity index (χ2v) is 6.64. The number of hydrogen-bond acceptors (Lipinski definition) is 4. The zero-order valence-corrected chi connectivity index (χ0v) is 12.7. The summed E-state index contributed by atoms with van der Waals surface area (Å²) in [4.78, 5) is 5.51. The summed E-state index contributed by atoms with van der Waals surface area (Å²) < 4.78 is 5.78. The Hall–Kier alpha value is -1.42. The first-order chi connectivity index (χ1) is 8.88. The van der Waals surface area contributed by atoms with Gasteiger partial charge in [0.15, 0.2) is 0 Å². The SMILES string of the molecule is Cc1c(N)cccc1SCc1ncc(C(C)(C)C)o1. The number of anilines is 1. The van der Waals surface area contributed by atoms with Crippen LogP contribution in [0.2, 0.25) is 0 Å². The fourth-order valence-electron chi connectivity index (χ4n) is 1.65. The molecular weight excluding hydrogens is 256 g/mol. The van der Waals surface area contributed by atoms with Gasteiger partial charge in [-0.15, -0.1) is 11.8 Å². The number of rotatable bonds is 3. The summed E-state index contributed by atoms with van der Waals surface area (Å²) in [5, 5.41) is 0. The largest absolute Gasteiger partial charge is 0.444 e. The van der Waals surface area contributed by atoms with Crippen LogP contribution >= 0.6 is 11.8 Å². The summed E-state index contributed by atoms with van der Waals surface area (Å²) in [5.41, 5.74) is 7.85. The molecule has 3 nitrogen and oxygen atoms in total. The van der Waals surface area contributed by atoms with Crippen LogP contribution in [-0.2, 0) is 11.2 Å². The van der Waals surface area contributed by atoms with Gasteiger partial charge in [0.1, 0.15) is 5.76 Å². The number of nitrogen functional groups attached to an aromatic ring is 1. The fraction of sp³-hybridized carbons (Fsp3) is 0.400. The van der Waals surface area contributed by atoms with Crippen molar-refractivity contribution in [2.24, 2.45) is 0 Å². The zero-order chi connectivity index (χ0) is 14.0. The predicted molar refractivity (Wildman–Crippen MR) is 80.4 cm³/mol. The van der Waals surface area contributed by atoms with Crippen molar-refractivity contribution < 1.29 is 4.42 Å². The normalized spacial score (nSPS) is 11.8. The third-order valence-corrected chi connectivity index (χ3v) is 4.11. The number of nitrogens with two attached hydrogens (primary N) is 1.